The Morgan fingerprint density at radius 3 is 2.42 bits per heavy atom. The maximum absolute atomic E-state index is 11.7. The van der Waals surface area contributed by atoms with Gasteiger partial charge in [0.2, 0.25) is 5.91 Å². The molecule has 0 aromatic heterocycles. The zero-order chi connectivity index (χ0) is 14.6. The molecule has 0 aliphatic carbocycles. The summed E-state index contributed by atoms with van der Waals surface area (Å²) >= 11 is 0. The minimum absolute atomic E-state index is 0.328. The van der Waals surface area contributed by atoms with Gasteiger partial charge in [0.05, 0.1) is 0 Å². The van der Waals surface area contributed by atoms with Crippen LogP contribution >= 0.6 is 0 Å². The summed E-state index contributed by atoms with van der Waals surface area (Å²) in [6, 6.07) is 6.35. The van der Waals surface area contributed by atoms with Gasteiger partial charge in [-0.25, -0.2) is 4.79 Å². The molecule has 1 atom stereocenters. The Balaban J connectivity index is 2.71. The lowest BCUT2D eigenvalue weighted by molar-refractivity contribution is -0.162. The van der Waals surface area contributed by atoms with E-state index in [0.29, 0.717) is 11.3 Å². The summed E-state index contributed by atoms with van der Waals surface area (Å²) in [5, 5.41) is 0. The topological polar surface area (TPSA) is 78.6 Å². The molecule has 1 aromatic rings. The summed E-state index contributed by atoms with van der Waals surface area (Å²) in [5.74, 6) is -0.609. The van der Waals surface area contributed by atoms with Crippen LogP contribution in [0.1, 0.15) is 38.1 Å². The number of primary amides is 1. The average molecular weight is 265 g/mol. The van der Waals surface area contributed by atoms with E-state index in [0.717, 1.165) is 0 Å². The second kappa shape index (κ2) is 5.73. The van der Waals surface area contributed by atoms with Crippen LogP contribution in [0.4, 0.5) is 0 Å². The number of benzene rings is 1. The van der Waals surface area contributed by atoms with E-state index in [-0.39, 0.29) is 0 Å². The van der Waals surface area contributed by atoms with Gasteiger partial charge in [-0.15, -0.1) is 0 Å². The van der Waals surface area contributed by atoms with Crippen LogP contribution in [0, 0.1) is 0 Å². The van der Waals surface area contributed by atoms with E-state index in [9.17, 15) is 9.59 Å². The van der Waals surface area contributed by atoms with Crippen LogP contribution in [0.2, 0.25) is 0 Å². The molecule has 5 heteroatoms. The second-order valence-corrected chi connectivity index (χ2v) is 5.19. The molecule has 2 N–H and O–H groups in total. The largest absolute Gasteiger partial charge is 0.479 e. The van der Waals surface area contributed by atoms with Gasteiger partial charge in [-0.2, -0.15) is 0 Å². The quantitative estimate of drug-likeness (QED) is 0.843. The van der Waals surface area contributed by atoms with Gasteiger partial charge in [-0.1, -0.05) is 6.07 Å². The number of carbonyl (C=O) groups is 2. The summed E-state index contributed by atoms with van der Waals surface area (Å²) in [4.78, 5) is 22.8. The third kappa shape index (κ3) is 4.99. The normalized spacial score (nSPS) is 12.6. The standard InChI is InChI=1S/C14H19NO4/c1-9(13(17)19-14(2,3)4)18-11-7-5-6-10(8-11)12(15)16/h5-9H,1-4H3,(H2,15,16). The molecule has 0 heterocycles. The molecule has 19 heavy (non-hydrogen) atoms. The van der Waals surface area contributed by atoms with Gasteiger partial charge in [0.15, 0.2) is 6.10 Å². The fraction of sp³-hybridized carbons (Fsp3) is 0.429. The Hall–Kier alpha value is -2.04. The average Bonchev–Trinajstić information content (AvgIpc) is 2.27. The van der Waals surface area contributed by atoms with E-state index >= 15 is 0 Å². The Kier molecular flexibility index (Phi) is 4.53. The fourth-order valence-electron chi connectivity index (χ4n) is 1.36. The number of amides is 1. The predicted octanol–water partition coefficient (Wildman–Crippen LogP) is 1.89. The van der Waals surface area contributed by atoms with E-state index in [4.69, 9.17) is 15.2 Å². The maximum Gasteiger partial charge on any atom is 0.347 e. The fourth-order valence-corrected chi connectivity index (χ4v) is 1.36. The molecule has 1 amide bonds. The van der Waals surface area contributed by atoms with Crippen molar-refractivity contribution in [2.45, 2.75) is 39.4 Å². The van der Waals surface area contributed by atoms with Crippen LogP contribution in [-0.2, 0) is 9.53 Å². The number of hydrogen-bond donors (Lipinski definition) is 1. The summed E-state index contributed by atoms with van der Waals surface area (Å²) < 4.78 is 10.6. The van der Waals surface area contributed by atoms with Gasteiger partial charge in [0.25, 0.3) is 0 Å². The number of hydrogen-bond acceptors (Lipinski definition) is 4. The van der Waals surface area contributed by atoms with E-state index in [1.54, 1.807) is 45.9 Å². The van der Waals surface area contributed by atoms with E-state index in [2.05, 4.69) is 0 Å². The van der Waals surface area contributed by atoms with E-state index in [1.807, 2.05) is 0 Å². The molecule has 1 rings (SSSR count). The Morgan fingerprint density at radius 1 is 1.26 bits per heavy atom. The molecule has 0 aliphatic rings. The van der Waals surface area contributed by atoms with Crippen LogP contribution in [0.5, 0.6) is 5.75 Å². The van der Waals surface area contributed by atoms with Crippen LogP contribution in [0.25, 0.3) is 0 Å². The summed E-state index contributed by atoms with van der Waals surface area (Å²) in [7, 11) is 0. The van der Waals surface area contributed by atoms with Gasteiger partial charge < -0.3 is 15.2 Å². The lowest BCUT2D eigenvalue weighted by Crippen LogP contribution is -2.33. The molecule has 0 aliphatic heterocycles. The molecule has 0 bridgehead atoms. The third-order valence-electron chi connectivity index (χ3n) is 2.17. The van der Waals surface area contributed by atoms with Crippen molar-refractivity contribution in [2.24, 2.45) is 5.73 Å². The highest BCUT2D eigenvalue weighted by Crippen LogP contribution is 2.16. The lowest BCUT2D eigenvalue weighted by atomic mass is 10.2. The Labute approximate surface area is 112 Å². The summed E-state index contributed by atoms with van der Waals surface area (Å²) in [6.07, 6.45) is -0.762. The first-order chi connectivity index (χ1) is 8.69. The molecular formula is C14H19NO4. The molecular weight excluding hydrogens is 246 g/mol. The first-order valence-electron chi connectivity index (χ1n) is 5.98. The van der Waals surface area contributed by atoms with Crippen molar-refractivity contribution < 1.29 is 19.1 Å². The highest BCUT2D eigenvalue weighted by molar-refractivity contribution is 5.93. The molecule has 104 valence electrons. The molecule has 0 spiro atoms. The summed E-state index contributed by atoms with van der Waals surface area (Å²) in [5.41, 5.74) is 4.93. The van der Waals surface area contributed by atoms with Crippen molar-refractivity contribution in [3.8, 4) is 5.75 Å². The number of nitrogens with two attached hydrogens (primary N) is 1. The van der Waals surface area contributed by atoms with Crippen molar-refractivity contribution in [1.29, 1.82) is 0 Å². The minimum Gasteiger partial charge on any atom is -0.479 e. The van der Waals surface area contributed by atoms with Gasteiger partial charge in [-0.3, -0.25) is 4.79 Å². The number of carbonyl (C=O) groups excluding carboxylic acids is 2. The molecule has 1 unspecified atom stereocenters. The van der Waals surface area contributed by atoms with Crippen molar-refractivity contribution in [3.05, 3.63) is 29.8 Å². The molecule has 5 nitrogen and oxygen atoms in total. The van der Waals surface area contributed by atoms with Gasteiger partial charge in [0, 0.05) is 5.56 Å². The molecule has 0 saturated heterocycles. The highest BCUT2D eigenvalue weighted by Gasteiger charge is 2.23. The smallest absolute Gasteiger partial charge is 0.347 e. The van der Waals surface area contributed by atoms with Gasteiger partial charge in [-0.05, 0) is 45.9 Å². The Morgan fingerprint density at radius 2 is 1.89 bits per heavy atom. The molecule has 0 radical (unpaired) electrons. The van der Waals surface area contributed by atoms with Crippen LogP contribution in [-0.4, -0.2) is 23.6 Å². The van der Waals surface area contributed by atoms with Gasteiger partial charge >= 0.3 is 5.97 Å². The second-order valence-electron chi connectivity index (χ2n) is 5.19. The summed E-state index contributed by atoms with van der Waals surface area (Å²) in [6.45, 7) is 6.94. The molecule has 0 saturated carbocycles. The first-order valence-corrected chi connectivity index (χ1v) is 5.98. The number of esters is 1. The minimum atomic E-state index is -0.762. The van der Waals surface area contributed by atoms with Crippen LogP contribution < -0.4 is 10.5 Å². The van der Waals surface area contributed by atoms with E-state index < -0.39 is 23.6 Å². The third-order valence-corrected chi connectivity index (χ3v) is 2.17. The molecule has 0 fully saturated rings. The number of rotatable bonds is 4. The number of ether oxygens (including phenoxy) is 2. The van der Waals surface area contributed by atoms with Gasteiger partial charge in [0.1, 0.15) is 11.4 Å². The van der Waals surface area contributed by atoms with E-state index in [1.165, 1.54) is 6.07 Å². The lowest BCUT2D eigenvalue weighted by Gasteiger charge is -2.22. The van der Waals surface area contributed by atoms with Crippen molar-refractivity contribution in [1.82, 2.24) is 0 Å². The van der Waals surface area contributed by atoms with Crippen molar-refractivity contribution in [2.75, 3.05) is 0 Å². The zero-order valence-electron chi connectivity index (χ0n) is 11.6. The van der Waals surface area contributed by atoms with Crippen molar-refractivity contribution in [3.63, 3.8) is 0 Å². The SMILES string of the molecule is CC(Oc1cccc(C(N)=O)c1)C(=O)OC(C)(C)C. The molecule has 1 aromatic carbocycles. The van der Waals surface area contributed by atoms with Crippen LogP contribution in [0.15, 0.2) is 24.3 Å². The zero-order valence-corrected chi connectivity index (χ0v) is 11.6. The highest BCUT2D eigenvalue weighted by atomic mass is 16.6. The maximum atomic E-state index is 11.7. The predicted molar refractivity (Wildman–Crippen MR) is 70.9 cm³/mol. The Bertz CT molecular complexity index is 477. The first kappa shape index (κ1) is 15.0. The van der Waals surface area contributed by atoms with Crippen LogP contribution in [0.3, 0.4) is 0 Å². The monoisotopic (exact) mass is 265 g/mol. The van der Waals surface area contributed by atoms with Crippen molar-refractivity contribution >= 4 is 11.9 Å².